The van der Waals surface area contributed by atoms with E-state index in [0.717, 1.165) is 12.7 Å². The van der Waals surface area contributed by atoms with E-state index in [9.17, 15) is 4.79 Å². The van der Waals surface area contributed by atoms with Crippen LogP contribution >= 0.6 is 0 Å². The first kappa shape index (κ1) is 13.2. The zero-order chi connectivity index (χ0) is 7.82. The Balaban J connectivity index is 0. The highest BCUT2D eigenvalue weighted by Crippen LogP contribution is 2.07. The molecule has 0 spiro atoms. The van der Waals surface area contributed by atoms with Gasteiger partial charge < -0.3 is 10.3 Å². The predicted octanol–water partition coefficient (Wildman–Crippen LogP) is 1.97. The molecule has 2 heteroatoms. The average molecular weight is 160 g/mol. The monoisotopic (exact) mass is 160 g/mol. The Labute approximate surface area is 69.3 Å². The molecule has 0 heterocycles. The van der Waals surface area contributed by atoms with Gasteiger partial charge in [-0.15, -0.1) is 0 Å². The minimum atomic E-state index is 0. The summed E-state index contributed by atoms with van der Waals surface area (Å²) < 4.78 is 0. The number of rotatable bonds is 6. The maximum absolute atomic E-state index is 10.2. The smallest absolute Gasteiger partial charge is 0.122 e. The lowest BCUT2D eigenvalue weighted by atomic mass is 10.0. The average Bonchev–Trinajstić information content (AvgIpc) is 1.98. The molecule has 0 aliphatic carbocycles. The first-order valence-corrected chi connectivity index (χ1v) is 4.26. The molecule has 1 unspecified atom stereocenters. The fraction of sp³-hybridized carbons (Fsp3) is 0.889. The molecule has 0 saturated carbocycles. The molecule has 11 heavy (non-hydrogen) atoms. The van der Waals surface area contributed by atoms with Crippen molar-refractivity contribution in [1.82, 2.24) is 0 Å². The van der Waals surface area contributed by atoms with E-state index in [0.29, 0.717) is 0 Å². The van der Waals surface area contributed by atoms with Gasteiger partial charge in [-0.3, -0.25) is 0 Å². The summed E-state index contributed by atoms with van der Waals surface area (Å²) in [6.45, 7) is 4.18. The minimum absolute atomic E-state index is 0. The summed E-state index contributed by atoms with van der Waals surface area (Å²) in [6, 6.07) is 0. The number of aldehydes is 1. The lowest BCUT2D eigenvalue weighted by Gasteiger charge is -2.00. The van der Waals surface area contributed by atoms with Crippen LogP contribution in [-0.2, 0) is 4.79 Å². The van der Waals surface area contributed by atoms with Crippen molar-refractivity contribution in [2.24, 2.45) is 5.92 Å². The number of hydrogen-bond acceptors (Lipinski definition) is 1. The van der Waals surface area contributed by atoms with Gasteiger partial charge in [-0.25, -0.2) is 0 Å². The second kappa shape index (κ2) is 9.63. The van der Waals surface area contributed by atoms with Crippen LogP contribution in [-0.4, -0.2) is 11.8 Å². The molecule has 0 bridgehead atoms. The molecule has 0 rings (SSSR count). The molecule has 0 fully saturated rings. The lowest BCUT2D eigenvalue weighted by molar-refractivity contribution is -0.110. The SMILES string of the molecule is CCCCCCC(C)C=O.O. The third-order valence-corrected chi connectivity index (χ3v) is 1.75. The van der Waals surface area contributed by atoms with Gasteiger partial charge in [0.25, 0.3) is 0 Å². The van der Waals surface area contributed by atoms with Gasteiger partial charge in [0, 0.05) is 5.92 Å². The van der Waals surface area contributed by atoms with Crippen LogP contribution in [0.2, 0.25) is 0 Å². The van der Waals surface area contributed by atoms with Crippen LogP contribution in [0.5, 0.6) is 0 Å². The van der Waals surface area contributed by atoms with Gasteiger partial charge in [-0.2, -0.15) is 0 Å². The molecule has 0 saturated heterocycles. The highest BCUT2D eigenvalue weighted by molar-refractivity contribution is 5.52. The van der Waals surface area contributed by atoms with Crippen LogP contribution in [0.25, 0.3) is 0 Å². The van der Waals surface area contributed by atoms with Crippen LogP contribution in [0.15, 0.2) is 0 Å². The van der Waals surface area contributed by atoms with E-state index < -0.39 is 0 Å². The molecular weight excluding hydrogens is 140 g/mol. The van der Waals surface area contributed by atoms with E-state index in [-0.39, 0.29) is 11.4 Å². The molecule has 2 N–H and O–H groups in total. The Morgan fingerprint density at radius 1 is 1.27 bits per heavy atom. The second-order valence-corrected chi connectivity index (χ2v) is 2.96. The van der Waals surface area contributed by atoms with E-state index >= 15 is 0 Å². The predicted molar refractivity (Wildman–Crippen MR) is 47.6 cm³/mol. The van der Waals surface area contributed by atoms with Crippen molar-refractivity contribution in [1.29, 1.82) is 0 Å². The van der Waals surface area contributed by atoms with E-state index in [1.165, 1.54) is 25.7 Å². The molecule has 0 aromatic rings. The van der Waals surface area contributed by atoms with Crippen molar-refractivity contribution in [3.8, 4) is 0 Å². The Hall–Kier alpha value is -0.370. The summed E-state index contributed by atoms with van der Waals surface area (Å²) in [4.78, 5) is 10.2. The van der Waals surface area contributed by atoms with Gasteiger partial charge in [-0.1, -0.05) is 39.5 Å². The standard InChI is InChI=1S/C9H18O.H2O/c1-3-4-5-6-7-9(2)8-10;/h8-9H,3-7H2,1-2H3;1H2. The summed E-state index contributed by atoms with van der Waals surface area (Å²) in [6.07, 6.45) is 7.21. The maximum Gasteiger partial charge on any atom is 0.122 e. The number of carbonyl (C=O) groups is 1. The maximum atomic E-state index is 10.2. The van der Waals surface area contributed by atoms with Crippen molar-refractivity contribution in [2.45, 2.75) is 46.0 Å². The van der Waals surface area contributed by atoms with E-state index in [1.807, 2.05) is 6.92 Å². The Morgan fingerprint density at radius 3 is 2.36 bits per heavy atom. The topological polar surface area (TPSA) is 48.6 Å². The molecule has 68 valence electrons. The summed E-state index contributed by atoms with van der Waals surface area (Å²) in [7, 11) is 0. The van der Waals surface area contributed by atoms with Crippen LogP contribution in [0.4, 0.5) is 0 Å². The minimum Gasteiger partial charge on any atom is -0.412 e. The van der Waals surface area contributed by atoms with Crippen LogP contribution in [0.1, 0.15) is 46.0 Å². The van der Waals surface area contributed by atoms with Crippen LogP contribution in [0, 0.1) is 5.92 Å². The molecule has 0 aromatic heterocycles. The molecule has 0 aliphatic heterocycles. The number of hydrogen-bond donors (Lipinski definition) is 0. The van der Waals surface area contributed by atoms with Crippen molar-refractivity contribution in [2.75, 3.05) is 0 Å². The van der Waals surface area contributed by atoms with Gasteiger partial charge >= 0.3 is 0 Å². The fourth-order valence-electron chi connectivity index (χ4n) is 0.961. The highest BCUT2D eigenvalue weighted by atomic mass is 16.1. The highest BCUT2D eigenvalue weighted by Gasteiger charge is 1.97. The quantitative estimate of drug-likeness (QED) is 0.433. The van der Waals surface area contributed by atoms with Crippen molar-refractivity contribution in [3.63, 3.8) is 0 Å². The second-order valence-electron chi connectivity index (χ2n) is 2.96. The van der Waals surface area contributed by atoms with E-state index in [4.69, 9.17) is 0 Å². The molecular formula is C9H20O2. The van der Waals surface area contributed by atoms with Gasteiger partial charge in [0.1, 0.15) is 6.29 Å². The number of unbranched alkanes of at least 4 members (excludes halogenated alkanes) is 3. The van der Waals surface area contributed by atoms with Crippen molar-refractivity contribution in [3.05, 3.63) is 0 Å². The Bertz CT molecular complexity index is 81.6. The summed E-state index contributed by atoms with van der Waals surface area (Å²) in [5, 5.41) is 0. The first-order valence-electron chi connectivity index (χ1n) is 4.26. The summed E-state index contributed by atoms with van der Waals surface area (Å²) >= 11 is 0. The van der Waals surface area contributed by atoms with Gasteiger partial charge in [-0.05, 0) is 6.42 Å². The molecule has 2 nitrogen and oxygen atoms in total. The zero-order valence-corrected chi connectivity index (χ0v) is 7.60. The van der Waals surface area contributed by atoms with E-state index in [1.54, 1.807) is 0 Å². The normalized spacial score (nSPS) is 11.8. The van der Waals surface area contributed by atoms with E-state index in [2.05, 4.69) is 6.92 Å². The molecule has 0 radical (unpaired) electrons. The fourth-order valence-corrected chi connectivity index (χ4v) is 0.961. The molecule has 0 aromatic carbocycles. The van der Waals surface area contributed by atoms with Crippen molar-refractivity contribution >= 4 is 6.29 Å². The largest absolute Gasteiger partial charge is 0.412 e. The van der Waals surface area contributed by atoms with Gasteiger partial charge in [0.05, 0.1) is 0 Å². The summed E-state index contributed by atoms with van der Waals surface area (Å²) in [5.41, 5.74) is 0. The van der Waals surface area contributed by atoms with Crippen LogP contribution < -0.4 is 0 Å². The lowest BCUT2D eigenvalue weighted by Crippen LogP contribution is -1.94. The molecule has 0 amide bonds. The molecule has 0 aliphatic rings. The first-order chi connectivity index (χ1) is 4.81. The van der Waals surface area contributed by atoms with Gasteiger partial charge in [0.2, 0.25) is 0 Å². The summed E-state index contributed by atoms with van der Waals surface area (Å²) in [5.74, 6) is 0.275. The van der Waals surface area contributed by atoms with Crippen LogP contribution in [0.3, 0.4) is 0 Å². The third kappa shape index (κ3) is 9.63. The van der Waals surface area contributed by atoms with Crippen molar-refractivity contribution < 1.29 is 10.3 Å². The third-order valence-electron chi connectivity index (χ3n) is 1.75. The Kier molecular flexibility index (Phi) is 11.6. The zero-order valence-electron chi connectivity index (χ0n) is 7.60. The Morgan fingerprint density at radius 2 is 1.91 bits per heavy atom. The molecule has 1 atom stereocenters. The van der Waals surface area contributed by atoms with Gasteiger partial charge in [0.15, 0.2) is 0 Å². The number of carbonyl (C=O) groups excluding carboxylic acids is 1.